The van der Waals surface area contributed by atoms with Crippen LogP contribution in [-0.4, -0.2) is 43.4 Å². The fourth-order valence-electron chi connectivity index (χ4n) is 2.05. The number of hydrazone groups is 1. The number of amides is 1. The van der Waals surface area contributed by atoms with Crippen molar-refractivity contribution in [1.82, 2.24) is 9.73 Å². The van der Waals surface area contributed by atoms with E-state index in [1.54, 1.807) is 18.2 Å². The molecule has 142 valence electrons. The molecule has 0 aromatic heterocycles. The molecule has 2 aromatic rings. The molecule has 0 bridgehead atoms. The first-order valence-corrected chi connectivity index (χ1v) is 9.72. The van der Waals surface area contributed by atoms with Crippen LogP contribution in [-0.2, 0) is 14.8 Å². The number of para-hydroxylation sites is 1. The lowest BCUT2D eigenvalue weighted by Gasteiger charge is -2.16. The summed E-state index contributed by atoms with van der Waals surface area (Å²) in [5.41, 5.74) is 2.20. The molecular weight excluding hydrogens is 440 g/mol. The van der Waals surface area contributed by atoms with Gasteiger partial charge in [0.15, 0.2) is 0 Å². The molecule has 11 heteroatoms. The van der Waals surface area contributed by atoms with Crippen LogP contribution in [0.3, 0.4) is 0 Å². The monoisotopic (exact) mass is 454 g/mol. The van der Waals surface area contributed by atoms with E-state index in [2.05, 4.69) is 26.5 Å². The second kappa shape index (κ2) is 8.84. The first kappa shape index (κ1) is 20.7. The number of likely N-dealkylation sites (N-methyl/N-ethyl adjacent to an activating group) is 1. The summed E-state index contributed by atoms with van der Waals surface area (Å²) < 4.78 is 26.4. The third-order valence-corrected chi connectivity index (χ3v) is 5.76. The average Bonchev–Trinajstić information content (AvgIpc) is 2.62. The first-order chi connectivity index (χ1) is 12.7. The van der Waals surface area contributed by atoms with Crippen LogP contribution in [0.5, 0.6) is 0 Å². The second-order valence-corrected chi connectivity index (χ2v) is 8.28. The molecule has 0 saturated heterocycles. The molecule has 0 atom stereocenters. The van der Waals surface area contributed by atoms with Crippen LogP contribution in [0.15, 0.2) is 63.0 Å². The van der Waals surface area contributed by atoms with Crippen LogP contribution in [0.4, 0.5) is 5.69 Å². The Balaban J connectivity index is 2.01. The second-order valence-electron chi connectivity index (χ2n) is 5.32. The van der Waals surface area contributed by atoms with Gasteiger partial charge in [-0.3, -0.25) is 14.9 Å². The van der Waals surface area contributed by atoms with Crippen molar-refractivity contribution in [3.05, 3.63) is 68.7 Å². The summed E-state index contributed by atoms with van der Waals surface area (Å²) in [4.78, 5) is 22.3. The van der Waals surface area contributed by atoms with Gasteiger partial charge >= 0.3 is 0 Å². The third kappa shape index (κ3) is 5.42. The van der Waals surface area contributed by atoms with E-state index in [1.165, 1.54) is 37.4 Å². The van der Waals surface area contributed by atoms with Crippen LogP contribution in [0.1, 0.15) is 5.56 Å². The minimum absolute atomic E-state index is 0.0458. The summed E-state index contributed by atoms with van der Waals surface area (Å²) >= 11 is 3.22. The highest BCUT2D eigenvalue weighted by Gasteiger charge is 2.22. The molecule has 0 radical (unpaired) electrons. The molecule has 0 fully saturated rings. The number of nitro benzene ring substituents is 1. The predicted molar refractivity (Wildman–Crippen MR) is 103 cm³/mol. The van der Waals surface area contributed by atoms with Gasteiger partial charge in [-0.15, -0.1) is 0 Å². The lowest BCUT2D eigenvalue weighted by atomic mass is 10.2. The van der Waals surface area contributed by atoms with Gasteiger partial charge in [-0.1, -0.05) is 28.1 Å². The standard InChI is InChI=1S/C16H15BrN4O5S/c1-20(27(25,26)14-8-6-13(17)7-9-14)11-16(22)19-18-10-12-4-2-3-5-15(12)21(23)24/h2-10H,11H2,1H3,(H,19,22)/b18-10-. The summed E-state index contributed by atoms with van der Waals surface area (Å²) in [6, 6.07) is 11.9. The largest absolute Gasteiger partial charge is 0.278 e. The summed E-state index contributed by atoms with van der Waals surface area (Å²) in [7, 11) is -2.57. The van der Waals surface area contributed by atoms with Crippen molar-refractivity contribution < 1.29 is 18.1 Å². The van der Waals surface area contributed by atoms with Gasteiger partial charge in [-0.05, 0) is 30.3 Å². The number of nitro groups is 1. The SMILES string of the molecule is CN(CC(=O)N/N=C\c1ccccc1[N+](=O)[O-])S(=O)(=O)c1ccc(Br)cc1. The van der Waals surface area contributed by atoms with E-state index in [1.807, 2.05) is 0 Å². The number of nitrogens with one attached hydrogen (secondary N) is 1. The van der Waals surface area contributed by atoms with Crippen molar-refractivity contribution >= 4 is 43.8 Å². The van der Waals surface area contributed by atoms with Gasteiger partial charge in [0.25, 0.3) is 11.6 Å². The molecule has 1 N–H and O–H groups in total. The van der Waals surface area contributed by atoms with Crippen LogP contribution in [0.25, 0.3) is 0 Å². The topological polar surface area (TPSA) is 122 Å². The highest BCUT2D eigenvalue weighted by molar-refractivity contribution is 9.10. The number of hydrogen-bond donors (Lipinski definition) is 1. The predicted octanol–water partition coefficient (Wildman–Crippen LogP) is 2.13. The molecule has 0 unspecified atom stereocenters. The maximum Gasteiger partial charge on any atom is 0.278 e. The molecule has 0 aliphatic carbocycles. The molecule has 2 rings (SSSR count). The van der Waals surface area contributed by atoms with E-state index in [0.29, 0.717) is 0 Å². The number of rotatable bonds is 7. The van der Waals surface area contributed by atoms with Gasteiger partial charge in [0.05, 0.1) is 28.1 Å². The third-order valence-electron chi connectivity index (χ3n) is 3.41. The van der Waals surface area contributed by atoms with Gasteiger partial charge in [0.1, 0.15) is 0 Å². The minimum atomic E-state index is -3.84. The van der Waals surface area contributed by atoms with Crippen LogP contribution >= 0.6 is 15.9 Å². The van der Waals surface area contributed by atoms with Crippen molar-refractivity contribution in [2.24, 2.45) is 5.10 Å². The Morgan fingerprint density at radius 2 is 1.89 bits per heavy atom. The Morgan fingerprint density at radius 1 is 1.26 bits per heavy atom. The number of carbonyl (C=O) groups is 1. The summed E-state index contributed by atoms with van der Waals surface area (Å²) in [5, 5.41) is 14.6. The molecule has 27 heavy (non-hydrogen) atoms. The lowest BCUT2D eigenvalue weighted by Crippen LogP contribution is -2.36. The number of halogens is 1. The Morgan fingerprint density at radius 3 is 2.52 bits per heavy atom. The van der Waals surface area contributed by atoms with Gasteiger partial charge in [0.2, 0.25) is 10.0 Å². The van der Waals surface area contributed by atoms with Gasteiger partial charge in [0, 0.05) is 17.6 Å². The summed E-state index contributed by atoms with van der Waals surface area (Å²) in [6.07, 6.45) is 1.12. The van der Waals surface area contributed by atoms with E-state index in [-0.39, 0.29) is 16.1 Å². The summed E-state index contributed by atoms with van der Waals surface area (Å²) in [5.74, 6) is -0.687. The molecule has 0 aliphatic rings. The molecular formula is C16H15BrN4O5S. The Labute approximate surface area is 164 Å². The van der Waals surface area contributed by atoms with Crippen LogP contribution in [0, 0.1) is 10.1 Å². The molecule has 0 heterocycles. The van der Waals surface area contributed by atoms with Crippen LogP contribution in [0.2, 0.25) is 0 Å². The Hall–Kier alpha value is -2.63. The number of sulfonamides is 1. The lowest BCUT2D eigenvalue weighted by molar-refractivity contribution is -0.385. The molecule has 0 saturated carbocycles. The van der Waals surface area contributed by atoms with E-state index in [9.17, 15) is 23.3 Å². The normalized spacial score (nSPS) is 11.7. The quantitative estimate of drug-likeness (QED) is 0.390. The fraction of sp³-hybridized carbons (Fsp3) is 0.125. The molecule has 1 amide bonds. The zero-order chi connectivity index (χ0) is 20.0. The molecule has 0 aliphatic heterocycles. The molecule has 9 nitrogen and oxygen atoms in total. The highest BCUT2D eigenvalue weighted by Crippen LogP contribution is 2.18. The number of benzene rings is 2. The number of nitrogens with zero attached hydrogens (tertiary/aromatic N) is 3. The van der Waals surface area contributed by atoms with Crippen molar-refractivity contribution in [2.45, 2.75) is 4.90 Å². The van der Waals surface area contributed by atoms with Crippen molar-refractivity contribution in [2.75, 3.05) is 13.6 Å². The molecule has 0 spiro atoms. The minimum Gasteiger partial charge on any atom is -0.272 e. The number of hydrogen-bond acceptors (Lipinski definition) is 6. The molecule has 2 aromatic carbocycles. The van der Waals surface area contributed by atoms with Gasteiger partial charge in [-0.25, -0.2) is 13.8 Å². The highest BCUT2D eigenvalue weighted by atomic mass is 79.9. The van der Waals surface area contributed by atoms with Crippen molar-refractivity contribution in [1.29, 1.82) is 0 Å². The van der Waals surface area contributed by atoms with Crippen LogP contribution < -0.4 is 5.43 Å². The van der Waals surface area contributed by atoms with Gasteiger partial charge < -0.3 is 0 Å². The Kier molecular flexibility index (Phi) is 6.77. The van der Waals surface area contributed by atoms with Crippen molar-refractivity contribution in [3.8, 4) is 0 Å². The van der Waals surface area contributed by atoms with E-state index >= 15 is 0 Å². The first-order valence-electron chi connectivity index (χ1n) is 7.49. The van der Waals surface area contributed by atoms with Crippen molar-refractivity contribution in [3.63, 3.8) is 0 Å². The maximum absolute atomic E-state index is 12.4. The number of carbonyl (C=O) groups excluding carboxylic acids is 1. The maximum atomic E-state index is 12.4. The summed E-state index contributed by atoms with van der Waals surface area (Å²) in [6.45, 7) is -0.466. The fourth-order valence-corrected chi connectivity index (χ4v) is 3.44. The average molecular weight is 455 g/mol. The van der Waals surface area contributed by atoms with E-state index in [0.717, 1.165) is 15.0 Å². The van der Waals surface area contributed by atoms with E-state index < -0.39 is 27.4 Å². The van der Waals surface area contributed by atoms with E-state index in [4.69, 9.17) is 0 Å². The zero-order valence-electron chi connectivity index (χ0n) is 14.1. The smallest absolute Gasteiger partial charge is 0.272 e. The zero-order valence-corrected chi connectivity index (χ0v) is 16.5. The Bertz CT molecular complexity index is 977. The van der Waals surface area contributed by atoms with Gasteiger partial charge in [-0.2, -0.15) is 9.41 Å².